The van der Waals surface area contributed by atoms with Gasteiger partial charge >= 0.3 is 0 Å². The van der Waals surface area contributed by atoms with Gasteiger partial charge in [0.2, 0.25) is 0 Å². The van der Waals surface area contributed by atoms with Gasteiger partial charge in [-0.3, -0.25) is 0 Å². The zero-order valence-corrected chi connectivity index (χ0v) is 3.85. The molecule has 0 aliphatic carbocycles. The Bertz CT molecular complexity index is 30.0. The summed E-state index contributed by atoms with van der Waals surface area (Å²) in [4.78, 5) is 0. The van der Waals surface area contributed by atoms with Crippen LogP contribution in [0.5, 0.6) is 0 Å². The van der Waals surface area contributed by atoms with Crippen LogP contribution in [0, 0.1) is 0 Å². The van der Waals surface area contributed by atoms with Crippen LogP contribution in [0.15, 0.2) is 0 Å². The summed E-state index contributed by atoms with van der Waals surface area (Å²) in [6.45, 7) is 0.431. The fourth-order valence-corrected chi connectivity index (χ4v) is 0.192. The summed E-state index contributed by atoms with van der Waals surface area (Å²) in [6, 6.07) is 0. The van der Waals surface area contributed by atoms with Crippen molar-refractivity contribution in [2.45, 2.75) is 6.17 Å². The highest BCUT2D eigenvalue weighted by Crippen LogP contribution is 1.62. The number of rotatable bonds is 2. The average Bonchev–Trinajstić information content (AvgIpc) is 1.35. The topological polar surface area (TPSA) is 61.3 Å². The molecule has 0 aliphatic heterocycles. The quantitative estimate of drug-likeness (QED) is 0.422. The second kappa shape index (κ2) is 3.08. The molecule has 0 unspecified atom stereocenters. The SMILES string of the molecule is COCC(N)N. The van der Waals surface area contributed by atoms with Gasteiger partial charge in [0.25, 0.3) is 0 Å². The fraction of sp³-hybridized carbons (Fsp3) is 1.00. The van der Waals surface area contributed by atoms with Crippen LogP contribution in [0.3, 0.4) is 0 Å². The number of hydrogen-bond acceptors (Lipinski definition) is 3. The Balaban J connectivity index is 2.63. The van der Waals surface area contributed by atoms with Gasteiger partial charge in [-0.25, -0.2) is 0 Å². The second-order valence-corrected chi connectivity index (χ2v) is 1.12. The second-order valence-electron chi connectivity index (χ2n) is 1.12. The molecule has 0 aliphatic rings. The number of ether oxygens (including phenoxy) is 1. The Kier molecular flexibility index (Phi) is 3.02. The van der Waals surface area contributed by atoms with E-state index in [9.17, 15) is 0 Å². The fourth-order valence-electron chi connectivity index (χ4n) is 0.192. The maximum absolute atomic E-state index is 5.06. The molecule has 3 heteroatoms. The van der Waals surface area contributed by atoms with E-state index in [0.717, 1.165) is 0 Å². The lowest BCUT2D eigenvalue weighted by molar-refractivity contribution is 0.182. The van der Waals surface area contributed by atoms with Gasteiger partial charge in [0, 0.05) is 7.11 Å². The molecule has 38 valence electrons. The molecule has 4 N–H and O–H groups in total. The molecule has 0 aromatic heterocycles. The summed E-state index contributed by atoms with van der Waals surface area (Å²) < 4.78 is 4.55. The zero-order valence-electron chi connectivity index (χ0n) is 3.85. The lowest BCUT2D eigenvalue weighted by Crippen LogP contribution is -2.34. The van der Waals surface area contributed by atoms with E-state index in [1.165, 1.54) is 0 Å². The van der Waals surface area contributed by atoms with Gasteiger partial charge in [-0.15, -0.1) is 0 Å². The highest BCUT2D eigenvalue weighted by molar-refractivity contribution is 4.42. The average molecular weight is 90.1 g/mol. The van der Waals surface area contributed by atoms with E-state index < -0.39 is 0 Å². The molecule has 0 saturated carbocycles. The molecular weight excluding hydrogens is 80.0 g/mol. The largest absolute Gasteiger partial charge is 0.382 e. The van der Waals surface area contributed by atoms with E-state index in [-0.39, 0.29) is 6.17 Å². The minimum atomic E-state index is -0.324. The molecule has 0 radical (unpaired) electrons. The van der Waals surface area contributed by atoms with Gasteiger partial charge in [-0.05, 0) is 0 Å². The molecule has 0 aromatic rings. The smallest absolute Gasteiger partial charge is 0.0762 e. The first kappa shape index (κ1) is 5.88. The maximum Gasteiger partial charge on any atom is 0.0762 e. The van der Waals surface area contributed by atoms with Gasteiger partial charge in [0.15, 0.2) is 0 Å². The highest BCUT2D eigenvalue weighted by Gasteiger charge is 1.85. The van der Waals surface area contributed by atoms with Crippen LogP contribution in [-0.2, 0) is 4.74 Å². The molecule has 3 nitrogen and oxygen atoms in total. The predicted octanol–water partition coefficient (Wildman–Crippen LogP) is -1.12. The summed E-state index contributed by atoms with van der Waals surface area (Å²) >= 11 is 0. The van der Waals surface area contributed by atoms with Gasteiger partial charge in [0.05, 0.1) is 12.8 Å². The highest BCUT2D eigenvalue weighted by atomic mass is 16.5. The van der Waals surface area contributed by atoms with Crippen molar-refractivity contribution in [3.8, 4) is 0 Å². The van der Waals surface area contributed by atoms with Crippen molar-refractivity contribution in [1.29, 1.82) is 0 Å². The van der Waals surface area contributed by atoms with E-state index >= 15 is 0 Å². The summed E-state index contributed by atoms with van der Waals surface area (Å²) in [5.41, 5.74) is 10.1. The third-order valence-electron chi connectivity index (χ3n) is 0.359. The van der Waals surface area contributed by atoms with E-state index in [1.807, 2.05) is 0 Å². The minimum Gasteiger partial charge on any atom is -0.382 e. The Hall–Kier alpha value is -0.120. The van der Waals surface area contributed by atoms with E-state index in [4.69, 9.17) is 11.5 Å². The normalized spacial score (nSPS) is 10.0. The Labute approximate surface area is 37.3 Å². The molecule has 0 aromatic carbocycles. The van der Waals surface area contributed by atoms with E-state index in [1.54, 1.807) is 7.11 Å². The van der Waals surface area contributed by atoms with Crippen LogP contribution in [0.25, 0.3) is 0 Å². The van der Waals surface area contributed by atoms with Crippen molar-refractivity contribution in [2.24, 2.45) is 11.5 Å². The first-order chi connectivity index (χ1) is 2.77. The Morgan fingerprint density at radius 1 is 1.67 bits per heavy atom. The zero-order chi connectivity index (χ0) is 4.99. The molecule has 0 bridgehead atoms. The van der Waals surface area contributed by atoms with Crippen LogP contribution in [0.2, 0.25) is 0 Å². The Morgan fingerprint density at radius 3 is 2.17 bits per heavy atom. The maximum atomic E-state index is 5.06. The van der Waals surface area contributed by atoms with Gasteiger partial charge < -0.3 is 16.2 Å². The molecule has 0 fully saturated rings. The molecule has 0 rings (SSSR count). The van der Waals surface area contributed by atoms with Crippen LogP contribution in [-0.4, -0.2) is 19.9 Å². The van der Waals surface area contributed by atoms with Crippen molar-refractivity contribution >= 4 is 0 Å². The first-order valence-corrected chi connectivity index (χ1v) is 1.77. The number of nitrogens with two attached hydrogens (primary N) is 2. The third kappa shape index (κ3) is 3.88. The van der Waals surface area contributed by atoms with Crippen molar-refractivity contribution in [3.05, 3.63) is 0 Å². The monoisotopic (exact) mass is 90.1 g/mol. The molecule has 0 saturated heterocycles. The number of methoxy groups -OCH3 is 1. The summed E-state index contributed by atoms with van der Waals surface area (Å²) in [5.74, 6) is 0. The molecule has 6 heavy (non-hydrogen) atoms. The van der Waals surface area contributed by atoms with Gasteiger partial charge in [0.1, 0.15) is 0 Å². The Morgan fingerprint density at radius 2 is 2.17 bits per heavy atom. The van der Waals surface area contributed by atoms with Gasteiger partial charge in [-0.1, -0.05) is 0 Å². The van der Waals surface area contributed by atoms with Crippen molar-refractivity contribution in [2.75, 3.05) is 13.7 Å². The first-order valence-electron chi connectivity index (χ1n) is 1.77. The minimum absolute atomic E-state index is 0.324. The lowest BCUT2D eigenvalue weighted by Gasteiger charge is -1.98. The summed E-state index contributed by atoms with van der Waals surface area (Å²) in [6.07, 6.45) is -0.324. The van der Waals surface area contributed by atoms with Crippen molar-refractivity contribution in [1.82, 2.24) is 0 Å². The molecule has 0 spiro atoms. The van der Waals surface area contributed by atoms with Gasteiger partial charge in [-0.2, -0.15) is 0 Å². The van der Waals surface area contributed by atoms with E-state index in [2.05, 4.69) is 4.74 Å². The van der Waals surface area contributed by atoms with Crippen LogP contribution in [0.1, 0.15) is 0 Å². The molecule has 0 amide bonds. The van der Waals surface area contributed by atoms with Crippen LogP contribution < -0.4 is 11.5 Å². The summed E-state index contributed by atoms with van der Waals surface area (Å²) in [7, 11) is 1.56. The predicted molar refractivity (Wildman–Crippen MR) is 24.0 cm³/mol. The van der Waals surface area contributed by atoms with Crippen molar-refractivity contribution < 1.29 is 4.74 Å². The van der Waals surface area contributed by atoms with Crippen LogP contribution >= 0.6 is 0 Å². The standard InChI is InChI=1S/C3H10N2O/c1-6-2-3(4)5/h3H,2,4-5H2,1H3. The van der Waals surface area contributed by atoms with E-state index in [0.29, 0.717) is 6.61 Å². The molecule has 0 atom stereocenters. The van der Waals surface area contributed by atoms with Crippen LogP contribution in [0.4, 0.5) is 0 Å². The lowest BCUT2D eigenvalue weighted by atomic mass is 10.6. The molecular formula is C3H10N2O. The summed E-state index contributed by atoms with van der Waals surface area (Å²) in [5, 5.41) is 0. The van der Waals surface area contributed by atoms with Crippen molar-refractivity contribution in [3.63, 3.8) is 0 Å². The third-order valence-corrected chi connectivity index (χ3v) is 0.359. The molecule has 0 heterocycles. The number of hydrogen-bond donors (Lipinski definition) is 2.